The highest BCUT2D eigenvalue weighted by Gasteiger charge is 2.14. The Morgan fingerprint density at radius 2 is 1.81 bits per heavy atom. The van der Waals surface area contributed by atoms with Gasteiger partial charge < -0.3 is 10.3 Å². The van der Waals surface area contributed by atoms with Gasteiger partial charge in [0, 0.05) is 17.0 Å². The first-order chi connectivity index (χ1) is 12.8. The standard InChI is InChI=1S/C21H25N3OS/c25-20-19-17(15-9-5-4-6-10-15)14-26-21(19)24-18(23-20)13-22-16-11-7-2-1-3-8-12-16/h4-6,9-10,14,16,22H,1-3,7-8,11-13H2,(H,23,24,25). The van der Waals surface area contributed by atoms with E-state index in [1.807, 2.05) is 35.7 Å². The summed E-state index contributed by atoms with van der Waals surface area (Å²) in [6.45, 7) is 0.633. The van der Waals surface area contributed by atoms with Gasteiger partial charge in [-0.05, 0) is 18.4 Å². The normalized spacial score (nSPS) is 16.5. The first-order valence-corrected chi connectivity index (χ1v) is 10.5. The molecule has 4 rings (SSSR count). The van der Waals surface area contributed by atoms with Crippen molar-refractivity contribution in [1.82, 2.24) is 15.3 Å². The van der Waals surface area contributed by atoms with Gasteiger partial charge in [0.15, 0.2) is 0 Å². The molecule has 0 saturated heterocycles. The van der Waals surface area contributed by atoms with Crippen LogP contribution >= 0.6 is 11.3 Å². The van der Waals surface area contributed by atoms with Crippen molar-refractivity contribution in [3.05, 3.63) is 51.9 Å². The highest BCUT2D eigenvalue weighted by Crippen LogP contribution is 2.30. The van der Waals surface area contributed by atoms with Crippen molar-refractivity contribution in [2.45, 2.75) is 57.5 Å². The minimum absolute atomic E-state index is 0.0374. The van der Waals surface area contributed by atoms with Crippen LogP contribution < -0.4 is 10.9 Å². The Morgan fingerprint density at radius 3 is 2.58 bits per heavy atom. The van der Waals surface area contributed by atoms with Crippen LogP contribution in [0.15, 0.2) is 40.5 Å². The zero-order valence-electron chi connectivity index (χ0n) is 15.0. The van der Waals surface area contributed by atoms with E-state index in [2.05, 4.69) is 10.3 Å². The van der Waals surface area contributed by atoms with E-state index in [0.29, 0.717) is 18.0 Å². The summed E-state index contributed by atoms with van der Waals surface area (Å²) < 4.78 is 0. The predicted molar refractivity (Wildman–Crippen MR) is 109 cm³/mol. The average molecular weight is 368 g/mol. The number of aromatic nitrogens is 2. The maximum atomic E-state index is 12.7. The van der Waals surface area contributed by atoms with Gasteiger partial charge in [-0.2, -0.15) is 0 Å². The Balaban J connectivity index is 1.53. The molecule has 0 unspecified atom stereocenters. The molecule has 2 aromatic heterocycles. The fourth-order valence-electron chi connectivity index (χ4n) is 3.81. The van der Waals surface area contributed by atoms with Crippen molar-refractivity contribution in [1.29, 1.82) is 0 Å². The topological polar surface area (TPSA) is 57.8 Å². The van der Waals surface area contributed by atoms with Crippen molar-refractivity contribution in [2.24, 2.45) is 0 Å². The third-order valence-corrected chi connectivity index (χ3v) is 6.11. The summed E-state index contributed by atoms with van der Waals surface area (Å²) in [5.74, 6) is 0.742. The van der Waals surface area contributed by atoms with E-state index >= 15 is 0 Å². The maximum Gasteiger partial charge on any atom is 0.260 e. The first kappa shape index (κ1) is 17.4. The Kier molecular flexibility index (Phi) is 5.46. The molecule has 0 aliphatic heterocycles. The molecular formula is C21H25N3OS. The molecule has 26 heavy (non-hydrogen) atoms. The Bertz CT molecular complexity index is 908. The van der Waals surface area contributed by atoms with Crippen molar-refractivity contribution in [2.75, 3.05) is 0 Å². The van der Waals surface area contributed by atoms with Crippen LogP contribution in [0.25, 0.3) is 21.3 Å². The molecule has 4 nitrogen and oxygen atoms in total. The zero-order valence-corrected chi connectivity index (χ0v) is 15.8. The predicted octanol–water partition coefficient (Wildman–Crippen LogP) is 4.85. The van der Waals surface area contributed by atoms with Gasteiger partial charge in [0.2, 0.25) is 0 Å². The lowest BCUT2D eigenvalue weighted by Crippen LogP contribution is -2.30. The Hall–Kier alpha value is -1.98. The van der Waals surface area contributed by atoms with E-state index in [1.54, 1.807) is 11.3 Å². The third kappa shape index (κ3) is 3.89. The minimum atomic E-state index is -0.0374. The molecule has 1 aromatic carbocycles. The van der Waals surface area contributed by atoms with E-state index in [4.69, 9.17) is 4.98 Å². The summed E-state index contributed by atoms with van der Waals surface area (Å²) in [5.41, 5.74) is 2.00. The lowest BCUT2D eigenvalue weighted by molar-refractivity contribution is 0.386. The maximum absolute atomic E-state index is 12.7. The summed E-state index contributed by atoms with van der Waals surface area (Å²) in [6.07, 6.45) is 9.11. The Labute approximate surface area is 157 Å². The second-order valence-corrected chi connectivity index (χ2v) is 7.99. The molecule has 2 N–H and O–H groups in total. The second-order valence-electron chi connectivity index (χ2n) is 7.13. The van der Waals surface area contributed by atoms with Crippen molar-refractivity contribution >= 4 is 21.6 Å². The molecule has 0 radical (unpaired) electrons. The average Bonchev–Trinajstić information content (AvgIpc) is 3.06. The zero-order chi connectivity index (χ0) is 17.8. The van der Waals surface area contributed by atoms with Gasteiger partial charge in [0.1, 0.15) is 10.7 Å². The number of hydrogen-bond donors (Lipinski definition) is 2. The molecule has 2 heterocycles. The van der Waals surface area contributed by atoms with E-state index < -0.39 is 0 Å². The highest BCUT2D eigenvalue weighted by molar-refractivity contribution is 7.17. The molecule has 0 amide bonds. The second kappa shape index (κ2) is 8.14. The van der Waals surface area contributed by atoms with Gasteiger partial charge in [0.05, 0.1) is 11.9 Å². The molecular weight excluding hydrogens is 342 g/mol. The summed E-state index contributed by atoms with van der Waals surface area (Å²) in [4.78, 5) is 21.2. The molecule has 3 aromatic rings. The molecule has 1 aliphatic carbocycles. The van der Waals surface area contributed by atoms with Gasteiger partial charge in [-0.1, -0.05) is 62.4 Å². The van der Waals surface area contributed by atoms with Crippen molar-refractivity contribution in [3.63, 3.8) is 0 Å². The number of benzene rings is 1. The van der Waals surface area contributed by atoms with Crippen LogP contribution in [0, 0.1) is 0 Å². The lowest BCUT2D eigenvalue weighted by Gasteiger charge is -2.20. The van der Waals surface area contributed by atoms with Crippen LogP contribution in [0.1, 0.15) is 50.8 Å². The number of aromatic amines is 1. The van der Waals surface area contributed by atoms with E-state index in [-0.39, 0.29) is 5.56 Å². The number of fused-ring (bicyclic) bond motifs is 1. The lowest BCUT2D eigenvalue weighted by atomic mass is 9.97. The van der Waals surface area contributed by atoms with Crippen LogP contribution in [-0.4, -0.2) is 16.0 Å². The van der Waals surface area contributed by atoms with Crippen LogP contribution in [0.2, 0.25) is 0 Å². The van der Waals surface area contributed by atoms with Crippen molar-refractivity contribution < 1.29 is 0 Å². The highest BCUT2D eigenvalue weighted by atomic mass is 32.1. The van der Waals surface area contributed by atoms with E-state index in [9.17, 15) is 4.79 Å². The number of rotatable bonds is 4. The van der Waals surface area contributed by atoms with Crippen LogP contribution in [0.5, 0.6) is 0 Å². The fourth-order valence-corrected chi connectivity index (χ4v) is 4.78. The fraction of sp³-hybridized carbons (Fsp3) is 0.429. The Morgan fingerprint density at radius 1 is 1.08 bits per heavy atom. The summed E-state index contributed by atoms with van der Waals surface area (Å²) in [6, 6.07) is 10.6. The van der Waals surface area contributed by atoms with Crippen LogP contribution in [0.3, 0.4) is 0 Å². The smallest absolute Gasteiger partial charge is 0.260 e. The molecule has 1 saturated carbocycles. The first-order valence-electron chi connectivity index (χ1n) is 9.60. The molecule has 0 atom stereocenters. The monoisotopic (exact) mass is 367 g/mol. The number of nitrogens with zero attached hydrogens (tertiary/aromatic N) is 1. The summed E-state index contributed by atoms with van der Waals surface area (Å²) in [5, 5.41) is 6.35. The van der Waals surface area contributed by atoms with Gasteiger partial charge >= 0.3 is 0 Å². The molecule has 0 spiro atoms. The number of nitrogens with one attached hydrogen (secondary N) is 2. The number of H-pyrrole nitrogens is 1. The molecule has 1 aliphatic rings. The van der Waals surface area contributed by atoms with Gasteiger partial charge in [-0.3, -0.25) is 4.79 Å². The van der Waals surface area contributed by atoms with E-state index in [1.165, 1.54) is 44.9 Å². The SMILES string of the molecule is O=c1[nH]c(CNC2CCCCCCC2)nc2scc(-c3ccccc3)c12. The molecule has 1 fully saturated rings. The van der Waals surface area contributed by atoms with E-state index in [0.717, 1.165) is 21.8 Å². The van der Waals surface area contributed by atoms with Gasteiger partial charge in [-0.15, -0.1) is 11.3 Å². The van der Waals surface area contributed by atoms with Gasteiger partial charge in [0.25, 0.3) is 5.56 Å². The van der Waals surface area contributed by atoms with Gasteiger partial charge in [-0.25, -0.2) is 4.98 Å². The number of hydrogen-bond acceptors (Lipinski definition) is 4. The quantitative estimate of drug-likeness (QED) is 0.693. The molecule has 0 bridgehead atoms. The molecule has 136 valence electrons. The molecule has 5 heteroatoms. The third-order valence-electron chi connectivity index (χ3n) is 5.24. The minimum Gasteiger partial charge on any atom is -0.309 e. The van der Waals surface area contributed by atoms with Crippen LogP contribution in [0.4, 0.5) is 0 Å². The van der Waals surface area contributed by atoms with Crippen molar-refractivity contribution in [3.8, 4) is 11.1 Å². The largest absolute Gasteiger partial charge is 0.309 e. The van der Waals surface area contributed by atoms with Crippen LogP contribution in [-0.2, 0) is 6.54 Å². The number of thiophene rings is 1. The summed E-state index contributed by atoms with van der Waals surface area (Å²) >= 11 is 1.55. The summed E-state index contributed by atoms with van der Waals surface area (Å²) in [7, 11) is 0.